The molecule has 2 atom stereocenters. The Morgan fingerprint density at radius 1 is 1.27 bits per heavy atom. The number of carbonyl (C=O) groups excluding carboxylic acids is 1. The molecule has 3 heterocycles. The molecule has 8 heteroatoms. The molecule has 2 aliphatic rings. The molecule has 0 aliphatic carbocycles. The maximum absolute atomic E-state index is 14.4. The number of benzene rings is 1. The van der Waals surface area contributed by atoms with E-state index in [0.717, 1.165) is 4.90 Å². The number of amides is 1. The van der Waals surface area contributed by atoms with Crippen molar-refractivity contribution in [1.29, 1.82) is 0 Å². The van der Waals surface area contributed by atoms with Crippen LogP contribution in [-0.2, 0) is 19.8 Å². The van der Waals surface area contributed by atoms with Crippen molar-refractivity contribution in [1.82, 2.24) is 9.88 Å². The maximum atomic E-state index is 14.4. The number of ether oxygens (including phenoxy) is 2. The van der Waals surface area contributed by atoms with Crippen LogP contribution in [0.25, 0.3) is 10.9 Å². The zero-order valence-electron chi connectivity index (χ0n) is 14.0. The monoisotopic (exact) mass is 368 g/mol. The van der Waals surface area contributed by atoms with Crippen LogP contribution in [0.5, 0.6) is 0 Å². The lowest BCUT2D eigenvalue weighted by Gasteiger charge is -2.41. The minimum atomic E-state index is -4.61. The van der Waals surface area contributed by atoms with Gasteiger partial charge in [-0.05, 0) is 18.9 Å². The van der Waals surface area contributed by atoms with Crippen molar-refractivity contribution < 1.29 is 27.4 Å². The number of halogens is 3. The third-order valence-corrected chi connectivity index (χ3v) is 5.24. The fourth-order valence-corrected chi connectivity index (χ4v) is 4.06. The van der Waals surface area contributed by atoms with Crippen LogP contribution in [-0.4, -0.2) is 54.4 Å². The second-order valence-corrected chi connectivity index (χ2v) is 6.63. The first kappa shape index (κ1) is 17.4. The van der Waals surface area contributed by atoms with Crippen LogP contribution in [0, 0.1) is 0 Å². The molecular formula is C18H19F3N2O3. The van der Waals surface area contributed by atoms with Crippen LogP contribution in [0.15, 0.2) is 30.5 Å². The van der Waals surface area contributed by atoms with Crippen LogP contribution in [0.4, 0.5) is 13.2 Å². The average Bonchev–Trinajstić information content (AvgIpc) is 3.26. The van der Waals surface area contributed by atoms with E-state index in [1.54, 1.807) is 24.3 Å². The Morgan fingerprint density at radius 3 is 2.81 bits per heavy atom. The van der Waals surface area contributed by atoms with Crippen LogP contribution in [0.2, 0.25) is 0 Å². The Labute approximate surface area is 148 Å². The summed E-state index contributed by atoms with van der Waals surface area (Å²) in [6.07, 6.45) is -4.12. The lowest BCUT2D eigenvalue weighted by molar-refractivity contribution is -0.233. The van der Waals surface area contributed by atoms with E-state index in [2.05, 4.69) is 4.98 Å². The predicted octanol–water partition coefficient (Wildman–Crippen LogP) is 2.96. The molecule has 0 saturated carbocycles. The minimum Gasteiger partial charge on any atom is -0.376 e. The quantitative estimate of drug-likeness (QED) is 0.887. The molecule has 26 heavy (non-hydrogen) atoms. The van der Waals surface area contributed by atoms with Crippen molar-refractivity contribution in [3.05, 3.63) is 36.0 Å². The first-order chi connectivity index (χ1) is 12.4. The van der Waals surface area contributed by atoms with E-state index >= 15 is 0 Å². The Bertz CT molecular complexity index is 813. The van der Waals surface area contributed by atoms with E-state index in [1.165, 1.54) is 6.20 Å². The maximum Gasteiger partial charge on any atom is 0.416 e. The van der Waals surface area contributed by atoms with Gasteiger partial charge in [0.05, 0.1) is 19.8 Å². The number of aromatic amines is 1. The topological polar surface area (TPSA) is 54.6 Å². The number of alkyl halides is 3. The summed E-state index contributed by atoms with van der Waals surface area (Å²) in [7, 11) is 0. The van der Waals surface area contributed by atoms with E-state index in [-0.39, 0.29) is 38.2 Å². The lowest BCUT2D eigenvalue weighted by Crippen LogP contribution is -2.58. The molecule has 4 rings (SSSR count). The molecule has 1 amide bonds. The number of likely N-dealkylation sites (tertiary alicyclic amines) is 1. The second kappa shape index (κ2) is 6.28. The van der Waals surface area contributed by atoms with Crippen molar-refractivity contribution in [2.24, 2.45) is 0 Å². The van der Waals surface area contributed by atoms with Crippen LogP contribution in [0.1, 0.15) is 18.4 Å². The molecular weight excluding hydrogens is 349 g/mol. The van der Waals surface area contributed by atoms with E-state index in [9.17, 15) is 18.0 Å². The van der Waals surface area contributed by atoms with Gasteiger partial charge in [0.25, 0.3) is 5.91 Å². The number of fused-ring (bicyclic) bond motifs is 1. The highest BCUT2D eigenvalue weighted by atomic mass is 19.4. The van der Waals surface area contributed by atoms with Gasteiger partial charge in [0.1, 0.15) is 0 Å². The predicted molar refractivity (Wildman–Crippen MR) is 87.5 cm³/mol. The molecule has 2 saturated heterocycles. The number of aromatic nitrogens is 1. The number of hydrogen-bond donors (Lipinski definition) is 1. The summed E-state index contributed by atoms with van der Waals surface area (Å²) in [4.78, 5) is 16.8. The first-order valence-corrected chi connectivity index (χ1v) is 8.59. The van der Waals surface area contributed by atoms with Crippen molar-refractivity contribution in [2.45, 2.75) is 30.7 Å². The molecule has 0 radical (unpaired) electrons. The summed E-state index contributed by atoms with van der Waals surface area (Å²) >= 11 is 0. The molecule has 2 aliphatic heterocycles. The van der Waals surface area contributed by atoms with Crippen LogP contribution >= 0.6 is 0 Å². The molecule has 2 fully saturated rings. The van der Waals surface area contributed by atoms with Gasteiger partial charge in [0, 0.05) is 29.2 Å². The summed E-state index contributed by atoms with van der Waals surface area (Å²) in [5.41, 5.74) is -1.66. The Kier molecular flexibility index (Phi) is 4.19. The molecule has 2 aromatic rings. The average molecular weight is 368 g/mol. The highest BCUT2D eigenvalue weighted by Crippen LogP contribution is 2.52. The van der Waals surface area contributed by atoms with Gasteiger partial charge < -0.3 is 19.4 Å². The number of nitrogens with zero attached hydrogens (tertiary/aromatic N) is 1. The van der Waals surface area contributed by atoms with Gasteiger partial charge in [0.15, 0.2) is 11.6 Å². The number of carbonyl (C=O) groups is 1. The molecule has 5 nitrogen and oxygen atoms in total. The second-order valence-electron chi connectivity index (χ2n) is 6.63. The third kappa shape index (κ3) is 2.51. The molecule has 1 aromatic heterocycles. The first-order valence-electron chi connectivity index (χ1n) is 8.59. The summed E-state index contributed by atoms with van der Waals surface area (Å²) in [6.45, 7) is 0.571. The Hall–Kier alpha value is -2.06. The fraction of sp³-hybridized carbons (Fsp3) is 0.500. The molecule has 140 valence electrons. The van der Waals surface area contributed by atoms with E-state index < -0.39 is 23.7 Å². The number of rotatable bonds is 2. The van der Waals surface area contributed by atoms with Gasteiger partial charge in [-0.3, -0.25) is 4.79 Å². The highest BCUT2D eigenvalue weighted by Gasteiger charge is 2.64. The summed E-state index contributed by atoms with van der Waals surface area (Å²) in [6, 6.07) is 6.83. The lowest BCUT2D eigenvalue weighted by atomic mass is 9.85. The summed E-state index contributed by atoms with van der Waals surface area (Å²) < 4.78 is 53.8. The Balaban J connectivity index is 1.82. The SMILES string of the molecule is O=C(C1COCCO1)N1CCCC1(c1c[nH]c2ccccc12)C(F)(F)F. The van der Waals surface area contributed by atoms with Gasteiger partial charge in [-0.15, -0.1) is 0 Å². The zero-order chi connectivity index (χ0) is 18.4. The van der Waals surface area contributed by atoms with Crippen molar-refractivity contribution in [3.63, 3.8) is 0 Å². The van der Waals surface area contributed by atoms with Crippen LogP contribution < -0.4 is 0 Å². The minimum absolute atomic E-state index is 0.0167. The number of para-hydroxylation sites is 1. The summed E-state index contributed by atoms with van der Waals surface area (Å²) in [5.74, 6) is -0.662. The zero-order valence-corrected chi connectivity index (χ0v) is 14.0. The fourth-order valence-electron chi connectivity index (χ4n) is 4.06. The van der Waals surface area contributed by atoms with Gasteiger partial charge in [0.2, 0.25) is 0 Å². The Morgan fingerprint density at radius 2 is 2.08 bits per heavy atom. The number of hydrogen-bond acceptors (Lipinski definition) is 3. The van der Waals surface area contributed by atoms with E-state index in [1.807, 2.05) is 0 Å². The van der Waals surface area contributed by atoms with Crippen molar-refractivity contribution in [2.75, 3.05) is 26.4 Å². The number of H-pyrrole nitrogens is 1. The van der Waals surface area contributed by atoms with E-state index in [4.69, 9.17) is 9.47 Å². The molecule has 2 unspecified atom stereocenters. The molecule has 0 bridgehead atoms. The highest BCUT2D eigenvalue weighted by molar-refractivity contribution is 5.87. The standard InChI is InChI=1S/C18H19F3N2O3/c19-18(20,21)17(13-10-22-14-5-2-1-4-12(13)14)6-3-7-23(17)16(24)15-11-25-8-9-26-15/h1-2,4-5,10,15,22H,3,6-9,11H2. The number of nitrogens with one attached hydrogen (secondary N) is 1. The normalized spacial score (nSPS) is 27.2. The van der Waals surface area contributed by atoms with Crippen molar-refractivity contribution >= 4 is 16.8 Å². The molecule has 0 spiro atoms. The molecule has 1 N–H and O–H groups in total. The largest absolute Gasteiger partial charge is 0.416 e. The van der Waals surface area contributed by atoms with Gasteiger partial charge in [-0.2, -0.15) is 13.2 Å². The van der Waals surface area contributed by atoms with E-state index in [0.29, 0.717) is 17.5 Å². The molecule has 1 aromatic carbocycles. The van der Waals surface area contributed by atoms with Gasteiger partial charge >= 0.3 is 6.18 Å². The smallest absolute Gasteiger partial charge is 0.376 e. The summed E-state index contributed by atoms with van der Waals surface area (Å²) in [5, 5.41) is 0.477. The van der Waals surface area contributed by atoms with Crippen molar-refractivity contribution in [3.8, 4) is 0 Å². The van der Waals surface area contributed by atoms with Gasteiger partial charge in [-0.25, -0.2) is 0 Å². The van der Waals surface area contributed by atoms with Gasteiger partial charge in [-0.1, -0.05) is 18.2 Å². The van der Waals surface area contributed by atoms with Crippen LogP contribution in [0.3, 0.4) is 0 Å². The third-order valence-electron chi connectivity index (χ3n) is 5.24.